The molecule has 3 aromatic carbocycles. The predicted octanol–water partition coefficient (Wildman–Crippen LogP) is 7.99. The van der Waals surface area contributed by atoms with Crippen LogP contribution in [0.5, 0.6) is 0 Å². The molecule has 0 amide bonds. The van der Waals surface area contributed by atoms with Crippen molar-refractivity contribution in [2.24, 2.45) is 4.99 Å². The number of nitrogens with zero attached hydrogens (tertiary/aromatic N) is 2. The second kappa shape index (κ2) is 9.20. The fourth-order valence-corrected chi connectivity index (χ4v) is 4.90. The van der Waals surface area contributed by atoms with Crippen LogP contribution in [0.15, 0.2) is 71.7 Å². The van der Waals surface area contributed by atoms with Crippen molar-refractivity contribution in [2.45, 2.75) is 58.9 Å². The third kappa shape index (κ3) is 4.72. The first kappa shape index (κ1) is 22.1. The summed E-state index contributed by atoms with van der Waals surface area (Å²) in [5.41, 5.74) is 8.64. The molecule has 1 atom stereocenters. The molecule has 0 fully saturated rings. The Kier molecular flexibility index (Phi) is 6.36. The van der Waals surface area contributed by atoms with Gasteiger partial charge >= 0.3 is 0 Å². The molecule has 0 saturated heterocycles. The molecule has 0 aliphatic carbocycles. The Balaban J connectivity index is 1.55. The van der Waals surface area contributed by atoms with Crippen molar-refractivity contribution in [3.63, 3.8) is 0 Å². The van der Waals surface area contributed by atoms with Gasteiger partial charge in [0.1, 0.15) is 0 Å². The quantitative estimate of drug-likeness (QED) is 0.405. The molecule has 166 valence electrons. The molecule has 1 N–H and O–H groups in total. The highest BCUT2D eigenvalue weighted by Gasteiger charge is 2.36. The first-order valence-corrected chi connectivity index (χ1v) is 11.8. The zero-order valence-electron chi connectivity index (χ0n) is 20.0. The zero-order chi connectivity index (χ0) is 22.7. The van der Waals surface area contributed by atoms with Crippen LogP contribution in [0, 0.1) is 6.92 Å². The summed E-state index contributed by atoms with van der Waals surface area (Å²) in [7, 11) is 0. The lowest BCUT2D eigenvalue weighted by atomic mass is 9.79. The SMILES string of the molecule is CCCN1c2cc(C)c(C=Nc3ccc(Nc4ccccc4)cc3)cc2C(C)CC1(C)C. The summed E-state index contributed by atoms with van der Waals surface area (Å²) in [5, 5.41) is 3.42. The summed E-state index contributed by atoms with van der Waals surface area (Å²) in [4.78, 5) is 7.38. The van der Waals surface area contributed by atoms with Crippen molar-refractivity contribution < 1.29 is 0 Å². The average molecular weight is 426 g/mol. The number of anilines is 3. The molecule has 3 aromatic rings. The van der Waals surface area contributed by atoms with Crippen molar-refractivity contribution in [1.82, 2.24) is 0 Å². The van der Waals surface area contributed by atoms with Gasteiger partial charge in [-0.3, -0.25) is 4.99 Å². The number of fused-ring (bicyclic) bond motifs is 1. The van der Waals surface area contributed by atoms with E-state index in [0.29, 0.717) is 5.92 Å². The van der Waals surface area contributed by atoms with Crippen LogP contribution in [-0.2, 0) is 0 Å². The van der Waals surface area contributed by atoms with Gasteiger partial charge in [-0.25, -0.2) is 0 Å². The fraction of sp³-hybridized carbons (Fsp3) is 0.345. The van der Waals surface area contributed by atoms with E-state index in [1.54, 1.807) is 0 Å². The van der Waals surface area contributed by atoms with Crippen LogP contribution in [0.4, 0.5) is 22.7 Å². The van der Waals surface area contributed by atoms with E-state index >= 15 is 0 Å². The number of aryl methyl sites for hydroxylation is 1. The molecule has 1 unspecified atom stereocenters. The Morgan fingerprint density at radius 1 is 1.03 bits per heavy atom. The van der Waals surface area contributed by atoms with Crippen LogP contribution in [0.1, 0.15) is 63.1 Å². The van der Waals surface area contributed by atoms with Gasteiger partial charge in [0.05, 0.1) is 5.69 Å². The van der Waals surface area contributed by atoms with Crippen LogP contribution in [0.2, 0.25) is 0 Å². The maximum atomic E-state index is 4.78. The molecular weight excluding hydrogens is 390 g/mol. The Hall–Kier alpha value is -3.07. The van der Waals surface area contributed by atoms with Gasteiger partial charge in [-0.05, 0) is 105 Å². The van der Waals surface area contributed by atoms with Crippen molar-refractivity contribution in [3.05, 3.63) is 83.4 Å². The molecule has 1 heterocycles. The number of hydrogen-bond acceptors (Lipinski definition) is 3. The first-order chi connectivity index (χ1) is 15.4. The monoisotopic (exact) mass is 425 g/mol. The maximum absolute atomic E-state index is 4.78. The van der Waals surface area contributed by atoms with Gasteiger partial charge in [-0.2, -0.15) is 0 Å². The van der Waals surface area contributed by atoms with Crippen LogP contribution < -0.4 is 10.2 Å². The summed E-state index contributed by atoms with van der Waals surface area (Å²) >= 11 is 0. The molecule has 32 heavy (non-hydrogen) atoms. The minimum absolute atomic E-state index is 0.194. The summed E-state index contributed by atoms with van der Waals surface area (Å²) < 4.78 is 0. The van der Waals surface area contributed by atoms with E-state index < -0.39 is 0 Å². The van der Waals surface area contributed by atoms with Crippen LogP contribution in [0.25, 0.3) is 0 Å². The summed E-state index contributed by atoms with van der Waals surface area (Å²) in [6.07, 6.45) is 4.36. The minimum atomic E-state index is 0.194. The number of aliphatic imine (C=N–C) groups is 1. The predicted molar refractivity (Wildman–Crippen MR) is 139 cm³/mol. The molecule has 0 radical (unpaired) electrons. The van der Waals surface area contributed by atoms with Crippen LogP contribution >= 0.6 is 0 Å². The van der Waals surface area contributed by atoms with Crippen molar-refractivity contribution in [1.29, 1.82) is 0 Å². The highest BCUT2D eigenvalue weighted by atomic mass is 15.2. The number of benzene rings is 3. The van der Waals surface area contributed by atoms with Gasteiger partial charge in [0.25, 0.3) is 0 Å². The molecule has 0 saturated carbocycles. The molecule has 0 aromatic heterocycles. The van der Waals surface area contributed by atoms with Gasteiger partial charge in [-0.1, -0.05) is 32.0 Å². The molecule has 1 aliphatic heterocycles. The summed E-state index contributed by atoms with van der Waals surface area (Å²) in [6.45, 7) is 12.7. The van der Waals surface area contributed by atoms with Gasteiger partial charge in [0.15, 0.2) is 0 Å². The highest BCUT2D eigenvalue weighted by molar-refractivity contribution is 5.86. The average Bonchev–Trinajstić information content (AvgIpc) is 2.77. The number of nitrogens with one attached hydrogen (secondary N) is 1. The van der Waals surface area contributed by atoms with Gasteiger partial charge in [0, 0.05) is 35.4 Å². The fourth-order valence-electron chi connectivity index (χ4n) is 4.90. The van der Waals surface area contributed by atoms with Gasteiger partial charge in [0.2, 0.25) is 0 Å². The topological polar surface area (TPSA) is 27.6 Å². The van der Waals surface area contributed by atoms with Crippen molar-refractivity contribution in [2.75, 3.05) is 16.8 Å². The maximum Gasteiger partial charge on any atom is 0.0631 e. The third-order valence-corrected chi connectivity index (χ3v) is 6.50. The third-order valence-electron chi connectivity index (χ3n) is 6.50. The van der Waals surface area contributed by atoms with E-state index in [2.05, 4.69) is 93.4 Å². The first-order valence-electron chi connectivity index (χ1n) is 11.8. The van der Waals surface area contributed by atoms with E-state index in [1.165, 1.54) is 28.8 Å². The summed E-state index contributed by atoms with van der Waals surface area (Å²) in [6, 6.07) is 23.2. The molecular formula is C29H35N3. The lowest BCUT2D eigenvalue weighted by molar-refractivity contribution is 0.376. The molecule has 1 aliphatic rings. The highest BCUT2D eigenvalue weighted by Crippen LogP contribution is 2.44. The molecule has 0 spiro atoms. The van der Waals surface area contributed by atoms with E-state index in [-0.39, 0.29) is 5.54 Å². The van der Waals surface area contributed by atoms with E-state index in [1.807, 2.05) is 24.4 Å². The largest absolute Gasteiger partial charge is 0.366 e. The molecule has 3 nitrogen and oxygen atoms in total. The zero-order valence-corrected chi connectivity index (χ0v) is 20.0. The number of para-hydroxylation sites is 1. The van der Waals surface area contributed by atoms with E-state index in [0.717, 1.165) is 30.0 Å². The standard InChI is InChI=1S/C29H35N3/c1-6-16-32-28-17-21(2)23(18-27(28)22(3)19-29(32,4)5)20-30-24-12-14-26(15-13-24)31-25-10-8-7-9-11-25/h7-15,17-18,20,22,31H,6,16,19H2,1-5H3. The van der Waals surface area contributed by atoms with Gasteiger partial charge < -0.3 is 10.2 Å². The Morgan fingerprint density at radius 3 is 2.41 bits per heavy atom. The lowest BCUT2D eigenvalue weighted by Crippen LogP contribution is -2.48. The van der Waals surface area contributed by atoms with Crippen molar-refractivity contribution >= 4 is 29.0 Å². The Labute approximate surface area is 193 Å². The number of hydrogen-bond donors (Lipinski definition) is 1. The van der Waals surface area contributed by atoms with Crippen LogP contribution in [-0.4, -0.2) is 18.3 Å². The van der Waals surface area contributed by atoms with E-state index in [4.69, 9.17) is 4.99 Å². The second-order valence-electron chi connectivity index (χ2n) is 9.63. The lowest BCUT2D eigenvalue weighted by Gasteiger charge is -2.48. The molecule has 4 rings (SSSR count). The van der Waals surface area contributed by atoms with Gasteiger partial charge in [-0.15, -0.1) is 0 Å². The Morgan fingerprint density at radius 2 is 1.72 bits per heavy atom. The van der Waals surface area contributed by atoms with Crippen LogP contribution in [0.3, 0.4) is 0 Å². The second-order valence-corrected chi connectivity index (χ2v) is 9.63. The normalized spacial score (nSPS) is 17.4. The van der Waals surface area contributed by atoms with E-state index in [9.17, 15) is 0 Å². The summed E-state index contributed by atoms with van der Waals surface area (Å²) in [5.74, 6) is 0.546. The van der Waals surface area contributed by atoms with Crippen molar-refractivity contribution in [3.8, 4) is 0 Å². The Bertz CT molecular complexity index is 1080. The minimum Gasteiger partial charge on any atom is -0.366 e. The molecule has 3 heteroatoms. The number of rotatable bonds is 6. The smallest absolute Gasteiger partial charge is 0.0631 e. The molecule has 0 bridgehead atoms.